The van der Waals surface area contributed by atoms with Crippen LogP contribution in [-0.4, -0.2) is 30.4 Å². The number of rotatable bonds is 6. The number of amides is 2. The second-order valence-electron chi connectivity index (χ2n) is 8.25. The van der Waals surface area contributed by atoms with Crippen molar-refractivity contribution < 1.29 is 9.53 Å². The van der Waals surface area contributed by atoms with Crippen molar-refractivity contribution in [1.82, 2.24) is 5.01 Å². The molecule has 0 fully saturated rings. The van der Waals surface area contributed by atoms with Crippen LogP contribution >= 0.6 is 23.4 Å². The van der Waals surface area contributed by atoms with Crippen LogP contribution < -0.4 is 10.1 Å². The summed E-state index contributed by atoms with van der Waals surface area (Å²) in [7, 11) is 1.63. The Balaban J connectivity index is 1.36. The van der Waals surface area contributed by atoms with E-state index in [1.165, 1.54) is 5.01 Å². The van der Waals surface area contributed by atoms with Gasteiger partial charge < -0.3 is 10.1 Å². The number of urea groups is 1. The number of carbonyl (C=O) groups excluding carboxylic acids is 1. The minimum Gasteiger partial charge on any atom is -0.495 e. The lowest BCUT2D eigenvalue weighted by molar-refractivity contribution is 0.218. The first-order valence-corrected chi connectivity index (χ1v) is 12.7. The van der Waals surface area contributed by atoms with Crippen LogP contribution in [0.2, 0.25) is 5.02 Å². The molecular weight excluding hydrogens is 490 g/mol. The third kappa shape index (κ3) is 5.40. The Morgan fingerprint density at radius 1 is 0.972 bits per heavy atom. The summed E-state index contributed by atoms with van der Waals surface area (Å²) in [6.07, 6.45) is 0. The van der Waals surface area contributed by atoms with E-state index in [9.17, 15) is 4.79 Å². The van der Waals surface area contributed by atoms with Gasteiger partial charge in [-0.25, -0.2) is 9.80 Å². The Bertz CT molecular complexity index is 1380. The molecule has 36 heavy (non-hydrogen) atoms. The standard InChI is InChI=1S/C29H24ClN3O2S/c1-35-26-18-23(16-17-27(26)36-24-10-6-3-7-11-24)31-29(34)33-19-25(20-8-4-2-5-9-20)28(32-33)21-12-14-22(30)15-13-21/h2-18,25H,19H2,1H3,(H,31,34)/t25-/m0/s1. The maximum atomic E-state index is 13.2. The SMILES string of the molecule is COc1cc(NC(=O)N2C[C@@H](c3ccccc3)C(c3ccc(Cl)cc3)=N2)ccc1Sc1ccccc1. The molecule has 0 aromatic heterocycles. The largest absolute Gasteiger partial charge is 0.495 e. The highest BCUT2D eigenvalue weighted by Gasteiger charge is 2.32. The summed E-state index contributed by atoms with van der Waals surface area (Å²) in [6.45, 7) is 0.437. The van der Waals surface area contributed by atoms with Gasteiger partial charge in [-0.2, -0.15) is 5.10 Å². The molecule has 0 bridgehead atoms. The number of hydrogen-bond acceptors (Lipinski definition) is 4. The molecule has 4 aromatic carbocycles. The zero-order valence-corrected chi connectivity index (χ0v) is 21.2. The molecule has 0 aliphatic carbocycles. The van der Waals surface area contributed by atoms with Gasteiger partial charge in [0.25, 0.3) is 0 Å². The number of hydrogen-bond donors (Lipinski definition) is 1. The van der Waals surface area contributed by atoms with Crippen LogP contribution in [0.4, 0.5) is 10.5 Å². The van der Waals surface area contributed by atoms with Gasteiger partial charge in [0.05, 0.1) is 24.3 Å². The van der Waals surface area contributed by atoms with Crippen LogP contribution in [0.5, 0.6) is 5.75 Å². The molecule has 7 heteroatoms. The van der Waals surface area contributed by atoms with Gasteiger partial charge in [-0.05, 0) is 47.5 Å². The fourth-order valence-electron chi connectivity index (χ4n) is 4.09. The van der Waals surface area contributed by atoms with Crippen molar-refractivity contribution >= 4 is 40.8 Å². The molecule has 0 radical (unpaired) electrons. The average molecular weight is 514 g/mol. The Morgan fingerprint density at radius 2 is 1.67 bits per heavy atom. The topological polar surface area (TPSA) is 53.9 Å². The van der Waals surface area contributed by atoms with Gasteiger partial charge in [0.1, 0.15) is 5.75 Å². The molecule has 0 spiro atoms. The summed E-state index contributed by atoms with van der Waals surface area (Å²) >= 11 is 7.71. The van der Waals surface area contributed by atoms with E-state index in [1.54, 1.807) is 18.9 Å². The van der Waals surface area contributed by atoms with Crippen LogP contribution in [0, 0.1) is 0 Å². The third-order valence-electron chi connectivity index (χ3n) is 5.88. The molecule has 4 aromatic rings. The van der Waals surface area contributed by atoms with Gasteiger partial charge >= 0.3 is 6.03 Å². The van der Waals surface area contributed by atoms with Gasteiger partial charge in [0, 0.05) is 27.6 Å². The lowest BCUT2D eigenvalue weighted by atomic mass is 9.91. The molecule has 0 saturated heterocycles. The molecular formula is C29H24ClN3O2S. The van der Waals surface area contributed by atoms with Gasteiger partial charge in [0.2, 0.25) is 0 Å². The molecule has 1 heterocycles. The number of anilines is 1. The molecule has 1 N–H and O–H groups in total. The number of hydrazone groups is 1. The molecule has 2 amide bonds. The fourth-order valence-corrected chi connectivity index (χ4v) is 5.14. The van der Waals surface area contributed by atoms with E-state index < -0.39 is 0 Å². The third-order valence-corrected chi connectivity index (χ3v) is 7.19. The van der Waals surface area contributed by atoms with E-state index in [4.69, 9.17) is 21.4 Å². The molecule has 5 nitrogen and oxygen atoms in total. The number of methoxy groups -OCH3 is 1. The average Bonchev–Trinajstić information content (AvgIpc) is 3.37. The Hall–Kier alpha value is -3.74. The highest BCUT2D eigenvalue weighted by molar-refractivity contribution is 7.99. The predicted molar refractivity (Wildman–Crippen MR) is 146 cm³/mol. The molecule has 1 aliphatic rings. The maximum absolute atomic E-state index is 13.2. The van der Waals surface area contributed by atoms with Crippen LogP contribution in [0.3, 0.4) is 0 Å². The summed E-state index contributed by atoms with van der Waals surface area (Å²) in [5, 5.41) is 9.83. The molecule has 180 valence electrons. The quantitative estimate of drug-likeness (QED) is 0.290. The second kappa shape index (κ2) is 10.9. The van der Waals surface area contributed by atoms with E-state index in [2.05, 4.69) is 17.4 Å². The second-order valence-corrected chi connectivity index (χ2v) is 9.80. The smallest absolute Gasteiger partial charge is 0.342 e. The number of benzene rings is 4. The van der Waals surface area contributed by atoms with E-state index >= 15 is 0 Å². The van der Waals surface area contributed by atoms with Crippen LogP contribution in [-0.2, 0) is 0 Å². The van der Waals surface area contributed by atoms with Crippen molar-refractivity contribution in [3.63, 3.8) is 0 Å². The first-order chi connectivity index (χ1) is 17.6. The molecule has 1 atom stereocenters. The lowest BCUT2D eigenvalue weighted by Gasteiger charge is -2.17. The van der Waals surface area contributed by atoms with Crippen LogP contribution in [0.1, 0.15) is 17.0 Å². The monoisotopic (exact) mass is 513 g/mol. The zero-order chi connectivity index (χ0) is 24.9. The van der Waals surface area contributed by atoms with Crippen molar-refractivity contribution in [3.05, 3.63) is 119 Å². The van der Waals surface area contributed by atoms with Crippen LogP contribution in [0.15, 0.2) is 118 Å². The summed E-state index contributed by atoms with van der Waals surface area (Å²) < 4.78 is 5.60. The number of ether oxygens (including phenoxy) is 1. The van der Waals surface area contributed by atoms with E-state index in [0.717, 1.165) is 26.6 Å². The fraction of sp³-hybridized carbons (Fsp3) is 0.103. The number of nitrogens with one attached hydrogen (secondary N) is 1. The highest BCUT2D eigenvalue weighted by Crippen LogP contribution is 2.37. The summed E-state index contributed by atoms with van der Waals surface area (Å²) in [6, 6.07) is 33.1. The normalized spacial score (nSPS) is 14.9. The minimum atomic E-state index is -0.301. The van der Waals surface area contributed by atoms with Crippen molar-refractivity contribution in [2.24, 2.45) is 5.10 Å². The summed E-state index contributed by atoms with van der Waals surface area (Å²) in [5.41, 5.74) is 3.51. The first kappa shape index (κ1) is 24.0. The van der Waals surface area contributed by atoms with Gasteiger partial charge in [-0.15, -0.1) is 0 Å². The summed E-state index contributed by atoms with van der Waals surface area (Å²) in [4.78, 5) is 15.3. The Labute approximate surface area is 219 Å². The van der Waals surface area contributed by atoms with E-state index in [-0.39, 0.29) is 11.9 Å². The summed E-state index contributed by atoms with van der Waals surface area (Å²) in [5.74, 6) is 0.646. The van der Waals surface area contributed by atoms with Crippen LogP contribution in [0.25, 0.3) is 0 Å². The van der Waals surface area contributed by atoms with Crippen molar-refractivity contribution in [3.8, 4) is 5.75 Å². The molecule has 1 aliphatic heterocycles. The number of carbonyl (C=O) groups is 1. The Kier molecular flexibility index (Phi) is 7.26. The maximum Gasteiger partial charge on any atom is 0.342 e. The Morgan fingerprint density at radius 3 is 2.36 bits per heavy atom. The molecule has 0 unspecified atom stereocenters. The molecule has 5 rings (SSSR count). The number of halogens is 1. The van der Waals surface area contributed by atoms with Crippen molar-refractivity contribution in [2.75, 3.05) is 19.0 Å². The van der Waals surface area contributed by atoms with Gasteiger partial charge in [0.15, 0.2) is 0 Å². The van der Waals surface area contributed by atoms with E-state index in [0.29, 0.717) is 23.0 Å². The lowest BCUT2D eigenvalue weighted by Crippen LogP contribution is -2.30. The van der Waals surface area contributed by atoms with Crippen molar-refractivity contribution in [1.29, 1.82) is 0 Å². The zero-order valence-electron chi connectivity index (χ0n) is 19.6. The van der Waals surface area contributed by atoms with Crippen molar-refractivity contribution in [2.45, 2.75) is 15.7 Å². The highest BCUT2D eigenvalue weighted by atomic mass is 35.5. The van der Waals surface area contributed by atoms with Gasteiger partial charge in [-0.1, -0.05) is 84.0 Å². The molecule has 0 saturated carbocycles. The first-order valence-electron chi connectivity index (χ1n) is 11.5. The number of nitrogens with zero attached hydrogens (tertiary/aromatic N) is 2. The predicted octanol–water partition coefficient (Wildman–Crippen LogP) is 7.54. The van der Waals surface area contributed by atoms with E-state index in [1.807, 2.05) is 91.0 Å². The van der Waals surface area contributed by atoms with Gasteiger partial charge in [-0.3, -0.25) is 0 Å². The minimum absolute atomic E-state index is 0.0442.